The summed E-state index contributed by atoms with van der Waals surface area (Å²) in [6, 6.07) is 9.86. The zero-order valence-electron chi connectivity index (χ0n) is 16.0. The number of carbonyl (C=O) groups excluding carboxylic acids is 1. The normalized spacial score (nSPS) is 11.5. The van der Waals surface area contributed by atoms with E-state index in [-0.39, 0.29) is 22.6 Å². The number of ether oxygens (including phenoxy) is 1. The number of pyridine rings is 2. The molecule has 1 aromatic carbocycles. The monoisotopic (exact) mass is 428 g/mol. The molecule has 3 heterocycles. The Hall–Kier alpha value is -4.08. The highest BCUT2D eigenvalue weighted by Gasteiger charge is 2.39. The Morgan fingerprint density at radius 2 is 1.97 bits per heavy atom. The SMILES string of the molecule is COc1cc(NC(=O)c2ccn(-c3cccc4c(=O)[nH]ccc34)c2C(F)(F)F)ccn1. The van der Waals surface area contributed by atoms with Crippen LogP contribution in [0.5, 0.6) is 5.88 Å². The van der Waals surface area contributed by atoms with E-state index in [1.54, 1.807) is 0 Å². The maximum atomic E-state index is 14.0. The van der Waals surface area contributed by atoms with Crippen LogP contribution in [0.2, 0.25) is 0 Å². The average Bonchev–Trinajstić information content (AvgIpc) is 3.20. The molecule has 0 saturated heterocycles. The van der Waals surface area contributed by atoms with Crippen LogP contribution in [-0.4, -0.2) is 27.6 Å². The maximum Gasteiger partial charge on any atom is 0.432 e. The maximum absolute atomic E-state index is 14.0. The van der Waals surface area contributed by atoms with E-state index in [0.717, 1.165) is 16.8 Å². The summed E-state index contributed by atoms with van der Waals surface area (Å²) in [7, 11) is 1.38. The van der Waals surface area contributed by atoms with Gasteiger partial charge in [0.15, 0.2) is 0 Å². The number of aromatic amines is 1. The van der Waals surface area contributed by atoms with Crippen molar-refractivity contribution >= 4 is 22.4 Å². The first kappa shape index (κ1) is 20.2. The molecular formula is C21H15F3N4O3. The predicted octanol–water partition coefficient (Wildman–Crippen LogP) is 3.99. The molecule has 7 nitrogen and oxygen atoms in total. The van der Waals surface area contributed by atoms with Gasteiger partial charge in [-0.1, -0.05) is 6.07 Å². The molecule has 0 fully saturated rings. The molecule has 0 radical (unpaired) electrons. The molecule has 1 amide bonds. The summed E-state index contributed by atoms with van der Waals surface area (Å²) in [5.41, 5.74) is -1.79. The van der Waals surface area contributed by atoms with Gasteiger partial charge in [0.05, 0.1) is 18.4 Å². The smallest absolute Gasteiger partial charge is 0.432 e. The topological polar surface area (TPSA) is 89.0 Å². The number of H-pyrrole nitrogens is 1. The van der Waals surface area contributed by atoms with Crippen LogP contribution in [0.3, 0.4) is 0 Å². The molecule has 0 atom stereocenters. The molecule has 0 unspecified atom stereocenters. The highest BCUT2D eigenvalue weighted by Crippen LogP contribution is 2.36. The van der Waals surface area contributed by atoms with Gasteiger partial charge in [-0.15, -0.1) is 0 Å². The van der Waals surface area contributed by atoms with Gasteiger partial charge in [-0.3, -0.25) is 9.59 Å². The summed E-state index contributed by atoms with van der Waals surface area (Å²) < 4.78 is 47.9. The second kappa shape index (κ2) is 7.63. The number of alkyl halides is 3. The van der Waals surface area contributed by atoms with Crippen LogP contribution in [0.4, 0.5) is 18.9 Å². The molecule has 3 aromatic heterocycles. The van der Waals surface area contributed by atoms with E-state index in [0.29, 0.717) is 5.39 Å². The third-order valence-electron chi connectivity index (χ3n) is 4.65. The third kappa shape index (κ3) is 3.75. The van der Waals surface area contributed by atoms with Crippen LogP contribution in [0.15, 0.2) is 65.8 Å². The van der Waals surface area contributed by atoms with E-state index in [4.69, 9.17) is 4.74 Å². The lowest BCUT2D eigenvalue weighted by Crippen LogP contribution is -2.20. The van der Waals surface area contributed by atoms with Crippen molar-refractivity contribution < 1.29 is 22.7 Å². The van der Waals surface area contributed by atoms with Crippen molar-refractivity contribution in [2.24, 2.45) is 0 Å². The van der Waals surface area contributed by atoms with Gasteiger partial charge in [0, 0.05) is 41.1 Å². The number of aromatic nitrogens is 3. The molecule has 31 heavy (non-hydrogen) atoms. The number of amides is 1. The Labute approximate surface area is 173 Å². The van der Waals surface area contributed by atoms with E-state index < -0.39 is 28.9 Å². The summed E-state index contributed by atoms with van der Waals surface area (Å²) in [5.74, 6) is -0.746. The molecule has 0 spiro atoms. The van der Waals surface area contributed by atoms with E-state index >= 15 is 0 Å². The number of nitrogens with zero attached hydrogens (tertiary/aromatic N) is 2. The Morgan fingerprint density at radius 1 is 1.16 bits per heavy atom. The summed E-state index contributed by atoms with van der Waals surface area (Å²) in [6.07, 6.45) is -0.969. The Bertz CT molecular complexity index is 1340. The number of nitrogens with one attached hydrogen (secondary N) is 2. The molecule has 158 valence electrons. The fraction of sp³-hybridized carbons (Fsp3) is 0.0952. The van der Waals surface area contributed by atoms with Gasteiger partial charge >= 0.3 is 6.18 Å². The predicted molar refractivity (Wildman–Crippen MR) is 108 cm³/mol. The van der Waals surface area contributed by atoms with Crippen LogP contribution >= 0.6 is 0 Å². The molecular weight excluding hydrogens is 413 g/mol. The number of fused-ring (bicyclic) bond motifs is 1. The number of hydrogen-bond donors (Lipinski definition) is 2. The molecule has 0 bridgehead atoms. The molecule has 2 N–H and O–H groups in total. The standard InChI is InChI=1S/C21H15F3N4O3/c1-31-17-11-12(5-8-25-17)27-20(30)15-7-10-28(18(15)21(22,23)24)16-4-2-3-14-13(16)6-9-26-19(14)29/h2-11H,1H3,(H,26,29)(H,25,27,30). The van der Waals surface area contributed by atoms with Gasteiger partial charge in [0.2, 0.25) is 5.88 Å². The fourth-order valence-electron chi connectivity index (χ4n) is 3.32. The summed E-state index contributed by atoms with van der Waals surface area (Å²) in [6.45, 7) is 0. The van der Waals surface area contributed by atoms with Crippen LogP contribution in [0.25, 0.3) is 16.5 Å². The van der Waals surface area contributed by atoms with Crippen molar-refractivity contribution in [2.45, 2.75) is 6.18 Å². The van der Waals surface area contributed by atoms with Gasteiger partial charge in [-0.2, -0.15) is 13.2 Å². The first-order valence-corrected chi connectivity index (χ1v) is 9.00. The van der Waals surface area contributed by atoms with Crippen LogP contribution in [-0.2, 0) is 6.18 Å². The summed E-state index contributed by atoms with van der Waals surface area (Å²) in [5, 5.41) is 2.98. The molecule has 4 rings (SSSR count). The zero-order valence-corrected chi connectivity index (χ0v) is 16.0. The zero-order chi connectivity index (χ0) is 22.2. The lowest BCUT2D eigenvalue weighted by Gasteiger charge is -2.16. The Kier molecular flexibility index (Phi) is 4.97. The third-order valence-corrected chi connectivity index (χ3v) is 4.65. The number of rotatable bonds is 4. The van der Waals surface area contributed by atoms with Gasteiger partial charge < -0.3 is 19.6 Å². The number of hydrogen-bond acceptors (Lipinski definition) is 4. The molecule has 0 aliphatic carbocycles. The second-order valence-corrected chi connectivity index (χ2v) is 6.53. The van der Waals surface area contributed by atoms with Crippen molar-refractivity contribution in [1.82, 2.24) is 14.5 Å². The van der Waals surface area contributed by atoms with Crippen molar-refractivity contribution in [1.29, 1.82) is 0 Å². The number of carbonyl (C=O) groups is 1. The van der Waals surface area contributed by atoms with E-state index in [9.17, 15) is 22.8 Å². The van der Waals surface area contributed by atoms with Crippen molar-refractivity contribution in [3.63, 3.8) is 0 Å². The minimum atomic E-state index is -4.84. The first-order valence-electron chi connectivity index (χ1n) is 9.00. The fourth-order valence-corrected chi connectivity index (χ4v) is 3.32. The first-order chi connectivity index (χ1) is 14.8. The highest BCUT2D eigenvalue weighted by atomic mass is 19.4. The molecule has 0 aliphatic rings. The average molecular weight is 428 g/mol. The quantitative estimate of drug-likeness (QED) is 0.514. The van der Waals surface area contributed by atoms with E-state index in [1.807, 2.05) is 0 Å². The second-order valence-electron chi connectivity index (χ2n) is 6.53. The van der Waals surface area contributed by atoms with Gasteiger partial charge in [-0.05, 0) is 30.3 Å². The minimum Gasteiger partial charge on any atom is -0.481 e. The molecule has 10 heteroatoms. The largest absolute Gasteiger partial charge is 0.481 e. The lowest BCUT2D eigenvalue weighted by atomic mass is 10.1. The number of anilines is 1. The van der Waals surface area contributed by atoms with Gasteiger partial charge in [-0.25, -0.2) is 4.98 Å². The summed E-state index contributed by atoms with van der Waals surface area (Å²) >= 11 is 0. The minimum absolute atomic E-state index is 0.126. The lowest BCUT2D eigenvalue weighted by molar-refractivity contribution is -0.142. The highest BCUT2D eigenvalue weighted by molar-refractivity contribution is 6.05. The number of benzene rings is 1. The van der Waals surface area contributed by atoms with Gasteiger partial charge in [0.1, 0.15) is 5.69 Å². The van der Waals surface area contributed by atoms with Crippen LogP contribution < -0.4 is 15.6 Å². The number of halogens is 3. The van der Waals surface area contributed by atoms with Crippen molar-refractivity contribution in [3.8, 4) is 11.6 Å². The number of methoxy groups -OCH3 is 1. The molecule has 0 saturated carbocycles. The van der Waals surface area contributed by atoms with Crippen molar-refractivity contribution in [3.05, 3.63) is 82.7 Å². The van der Waals surface area contributed by atoms with Crippen LogP contribution in [0, 0.1) is 0 Å². The van der Waals surface area contributed by atoms with Crippen molar-refractivity contribution in [2.75, 3.05) is 12.4 Å². The Morgan fingerprint density at radius 3 is 2.71 bits per heavy atom. The van der Waals surface area contributed by atoms with E-state index in [1.165, 1.54) is 55.9 Å². The van der Waals surface area contributed by atoms with Gasteiger partial charge in [0.25, 0.3) is 11.5 Å². The Balaban J connectivity index is 1.83. The molecule has 4 aromatic rings. The van der Waals surface area contributed by atoms with Crippen LogP contribution in [0.1, 0.15) is 16.1 Å². The molecule has 0 aliphatic heterocycles. The summed E-state index contributed by atoms with van der Waals surface area (Å²) in [4.78, 5) is 31.1. The van der Waals surface area contributed by atoms with E-state index in [2.05, 4.69) is 15.3 Å².